The molecule has 4 nitrogen and oxygen atoms in total. The van der Waals surface area contributed by atoms with Gasteiger partial charge in [-0.2, -0.15) is 0 Å². The summed E-state index contributed by atoms with van der Waals surface area (Å²) in [4.78, 5) is 0. The smallest absolute Gasteiger partial charge is 0.199 e. The fraction of sp³-hybridized carbons (Fsp3) is 0.0169. The Balaban J connectivity index is 0.000000193. The molecule has 8 heteroatoms. The topological polar surface area (TPSA) is 19.7 Å². The van der Waals surface area contributed by atoms with Crippen molar-refractivity contribution in [1.82, 2.24) is 18.3 Å². The van der Waals surface area contributed by atoms with Gasteiger partial charge in [-0.3, -0.25) is 0 Å². The van der Waals surface area contributed by atoms with Crippen molar-refractivity contribution in [2.24, 2.45) is 0 Å². The number of fused-ring (bicyclic) bond motifs is 4. The lowest BCUT2D eigenvalue weighted by Gasteiger charge is -2.35. The number of hydrogen-bond acceptors (Lipinski definition) is 0. The molecular weight excluding hydrogens is 1590 g/mol. The molecular formula is C118H92N4Si4. The van der Waals surface area contributed by atoms with Gasteiger partial charge in [0, 0.05) is 55.5 Å². The zero-order valence-electron chi connectivity index (χ0n) is 87.0. The summed E-state index contributed by atoms with van der Waals surface area (Å²) < 4.78 is 181. The Morgan fingerprint density at radius 3 is 0.667 bits per heavy atom. The van der Waals surface area contributed by atoms with Gasteiger partial charge in [-0.1, -0.05) is 437 Å². The molecule has 0 saturated carbocycles. The predicted molar refractivity (Wildman–Crippen MR) is 544 cm³/mol. The van der Waals surface area contributed by atoms with Crippen LogP contribution in [-0.4, -0.2) is 50.6 Å². The molecule has 0 N–H and O–H groups in total. The lowest BCUT2D eigenvalue weighted by molar-refractivity contribution is 1.04. The summed E-state index contributed by atoms with van der Waals surface area (Å²) in [6.07, 6.45) is 0. The maximum absolute atomic E-state index is 11.2. The van der Waals surface area contributed by atoms with E-state index in [2.05, 4.69) is 109 Å². The Kier molecular flexibility index (Phi) is 16.2. The van der Waals surface area contributed by atoms with E-state index < -0.39 is 56.5 Å². The molecule has 22 aromatic rings. The summed E-state index contributed by atoms with van der Waals surface area (Å²) in [5.41, 5.74) is 3.67. The molecule has 0 unspecified atom stereocenters. The van der Waals surface area contributed by atoms with E-state index in [4.69, 9.17) is 11.0 Å². The van der Waals surface area contributed by atoms with Crippen molar-refractivity contribution in [2.75, 3.05) is 0 Å². The lowest BCUT2D eigenvalue weighted by Crippen LogP contribution is -2.76. The van der Waals surface area contributed by atoms with Crippen LogP contribution in [-0.2, 0) is 0 Å². The summed E-state index contributed by atoms with van der Waals surface area (Å²) in [6, 6.07) is 133. The van der Waals surface area contributed by atoms with Crippen LogP contribution in [0.4, 0.5) is 0 Å². The van der Waals surface area contributed by atoms with Crippen molar-refractivity contribution in [2.45, 2.75) is 13.8 Å². The van der Waals surface area contributed by atoms with E-state index in [1.165, 1.54) is 0 Å². The van der Waals surface area contributed by atoms with Gasteiger partial charge in [-0.05, 0) is 182 Å². The van der Waals surface area contributed by atoms with Crippen LogP contribution in [0.3, 0.4) is 0 Å². The fourth-order valence-corrected chi connectivity index (χ4v) is 38.0. The molecule has 0 saturated heterocycles. The van der Waals surface area contributed by atoms with E-state index in [0.717, 1.165) is 62.2 Å². The molecule has 22 rings (SSSR count). The maximum Gasteiger partial charge on any atom is 0.199 e. The summed E-state index contributed by atoms with van der Waals surface area (Å²) >= 11 is 0. The number of hydrogen-bond donors (Lipinski definition) is 0. The van der Waals surface area contributed by atoms with Gasteiger partial charge in [0.05, 0.1) is 46.7 Å². The minimum absolute atomic E-state index is 0.0142. The van der Waals surface area contributed by atoms with Crippen molar-refractivity contribution in [1.29, 1.82) is 0 Å². The minimum atomic E-state index is -3.81. The van der Waals surface area contributed by atoms with Crippen molar-refractivity contribution in [3.63, 3.8) is 0 Å². The molecule has 0 amide bonds. The van der Waals surface area contributed by atoms with Gasteiger partial charge < -0.3 is 18.3 Å². The van der Waals surface area contributed by atoms with Gasteiger partial charge in [-0.15, -0.1) is 0 Å². The van der Waals surface area contributed by atoms with Crippen LogP contribution in [0.5, 0.6) is 0 Å². The summed E-state index contributed by atoms with van der Waals surface area (Å²) in [5.74, 6) is 0. The van der Waals surface area contributed by atoms with Crippen LogP contribution in [0.25, 0.3) is 66.4 Å². The average molecular weight is 1700 g/mol. The number of rotatable bonds is 20. The molecule has 126 heavy (non-hydrogen) atoms. The molecule has 0 bridgehead atoms. The first-order chi connectivity index (χ1) is 69.9. The molecule has 0 aliphatic carbocycles. The van der Waals surface area contributed by atoms with Crippen molar-refractivity contribution in [3.8, 4) is 22.7 Å². The van der Waals surface area contributed by atoms with Gasteiger partial charge in [0.15, 0.2) is 32.3 Å². The Hall–Kier alpha value is -15.0. The average Bonchev–Trinajstić information content (AvgIpc) is 1.40. The molecule has 0 atom stereocenters. The van der Waals surface area contributed by atoms with Gasteiger partial charge in [0.25, 0.3) is 0 Å². The molecule has 0 spiro atoms. The Morgan fingerprint density at radius 1 is 0.175 bits per heavy atom. The standard InChI is InChI=1S/C77H60N2Si3.C41H32N2Si/c1-59-54-60-55-73(80(64-32-11-2-12-33-64,65-34-13-3-14-35-65)66-36-15-4-16-37-66)50-52-75(60)78(59)62-30-29-31-63(58-62)79-76-53-51-74(81(67-38-17-5-18-39-67,68-40-19-6-20-41-68)69-42-21-7-22-43-69)56-61(76)57-77(79)82(70-44-23-8-24-45-70,71-46-25-9-26-47-71)72-48-27-10-28-49-72;1-31-28-32-16-11-13-26-39(32)42(31)34-18-15-19-35(30-34)43-40-27-14-12-17-33(40)29-41(43)44(36-20-5-2-6-21-36,37-22-7-3-8-23-37)38-24-9-4-10-25-38/h2-58H,1H3;2-30H,1H3/i50D,51D,52D,53D,54D,55D,56D,57D;11D,12D,13D,14D,16D,17D,26D,27D,28D,29D. The second-order valence-corrected chi connectivity index (χ2v) is 46.4. The Bertz CT molecular complexity index is 8340. The van der Waals surface area contributed by atoms with Gasteiger partial charge in [0.2, 0.25) is 0 Å². The summed E-state index contributed by atoms with van der Waals surface area (Å²) in [6.45, 7) is 3.52. The fourth-order valence-electron chi connectivity index (χ4n) is 19.4. The van der Waals surface area contributed by atoms with E-state index in [9.17, 15) is 13.7 Å². The first kappa shape index (κ1) is 60.5. The van der Waals surface area contributed by atoms with Gasteiger partial charge >= 0.3 is 0 Å². The number of para-hydroxylation sites is 2. The third-order valence-electron chi connectivity index (χ3n) is 24.7. The van der Waals surface area contributed by atoms with E-state index >= 15 is 0 Å². The highest BCUT2D eigenvalue weighted by molar-refractivity contribution is 7.22. The van der Waals surface area contributed by atoms with Crippen LogP contribution in [0.2, 0.25) is 0 Å². The van der Waals surface area contributed by atoms with Crippen LogP contribution >= 0.6 is 0 Å². The predicted octanol–water partition coefficient (Wildman–Crippen LogP) is 17.3. The highest BCUT2D eigenvalue weighted by Gasteiger charge is 2.48. The Labute approximate surface area is 766 Å². The molecule has 0 radical (unpaired) electrons. The molecule has 0 aliphatic rings. The van der Waals surface area contributed by atoms with E-state index in [-0.39, 0.29) is 128 Å². The molecule has 0 aliphatic heterocycles. The second-order valence-electron chi connectivity index (χ2n) is 31.5. The van der Waals surface area contributed by atoms with Crippen molar-refractivity contribution in [3.05, 3.63) is 533 Å². The SMILES string of the molecule is [2H]c1c([2H])c([2H])c2c(c1[2H])c([2H])c(C)n2-c1cccc(-n2c([Si](c3ccccc3)(c3ccccc3)c3ccccc3)c([2H])c3c([2H])c([2H])c([2H])c([2H])c32)c1.[2H]c1c([Si](c2ccccc2)(c2ccccc2)c2ccccc2)c([2H])c2c([2H])c(C)n(-c3cccc(-n4c([Si](c5ccccc5)(c5ccccc5)c5ccccc5)c([2H])c5c([2H])c([Si](c6ccccc6)(c6ccccc6)c6ccccc6)c([2H])c([2H])c54)c3)c2c1[2H]. The van der Waals surface area contributed by atoms with E-state index in [0.29, 0.717) is 55.1 Å². The largest absolute Gasteiger partial charge is 0.316 e. The first-order valence-corrected chi connectivity index (χ1v) is 50.3. The zero-order chi connectivity index (χ0) is 100. The maximum atomic E-state index is 11.2. The number of nitrogens with zero attached hydrogens (tertiary/aromatic N) is 4. The number of aromatic nitrogens is 4. The molecule has 4 heterocycles. The monoisotopic (exact) mass is 1690 g/mol. The third-order valence-corrected chi connectivity index (χ3v) is 43.2. The highest BCUT2D eigenvalue weighted by atomic mass is 28.3. The van der Waals surface area contributed by atoms with Gasteiger partial charge in [0.1, 0.15) is 0 Å². The lowest BCUT2D eigenvalue weighted by atomic mass is 10.2. The van der Waals surface area contributed by atoms with Crippen LogP contribution in [0.15, 0.2) is 521 Å². The van der Waals surface area contributed by atoms with E-state index in [1.807, 2.05) is 301 Å². The van der Waals surface area contributed by atoms with Crippen LogP contribution in [0.1, 0.15) is 36.1 Å². The molecule has 0 fully saturated rings. The Morgan fingerprint density at radius 2 is 0.381 bits per heavy atom. The first-order valence-electron chi connectivity index (χ1n) is 51.3. The van der Waals surface area contributed by atoms with Crippen molar-refractivity contribution >= 4 is 159 Å². The van der Waals surface area contributed by atoms with Crippen LogP contribution < -0.4 is 83.2 Å². The normalized spacial score (nSPS) is 13.9. The molecule has 600 valence electrons. The quantitative estimate of drug-likeness (QED) is 0.0535. The molecule has 4 aromatic heterocycles. The van der Waals surface area contributed by atoms with Gasteiger partial charge in [-0.25, -0.2) is 0 Å². The second kappa shape index (κ2) is 33.7. The minimum Gasteiger partial charge on any atom is -0.316 e. The van der Waals surface area contributed by atoms with Crippen molar-refractivity contribution < 1.29 is 24.7 Å². The highest BCUT2D eigenvalue weighted by Crippen LogP contribution is 2.33. The summed E-state index contributed by atoms with van der Waals surface area (Å²) in [5, 5.41) is 14.0. The van der Waals surface area contributed by atoms with E-state index in [1.54, 1.807) is 34.3 Å². The third kappa shape index (κ3) is 13.3. The summed E-state index contributed by atoms with van der Waals surface area (Å²) in [7, 11) is -14.6. The zero-order valence-corrected chi connectivity index (χ0v) is 73.0. The van der Waals surface area contributed by atoms with Crippen LogP contribution in [0, 0.1) is 13.8 Å². The number of benzene rings is 18. The molecule has 18 aromatic carbocycles.